The lowest BCUT2D eigenvalue weighted by Crippen LogP contribution is -2.44. The minimum absolute atomic E-state index is 0.0470. The molecule has 0 saturated heterocycles. The van der Waals surface area contributed by atoms with E-state index < -0.39 is 26.5 Å². The first-order valence-corrected chi connectivity index (χ1v) is 7.83. The van der Waals surface area contributed by atoms with Crippen LogP contribution in [0.4, 0.5) is 4.79 Å². The lowest BCUT2D eigenvalue weighted by molar-refractivity contribution is 0.0564. The van der Waals surface area contributed by atoms with Gasteiger partial charge in [0.1, 0.15) is 10.3 Å². The highest BCUT2D eigenvalue weighted by Crippen LogP contribution is 2.43. The first-order chi connectivity index (χ1) is 8.47. The van der Waals surface area contributed by atoms with Crippen LogP contribution in [0.5, 0.6) is 0 Å². The van der Waals surface area contributed by atoms with E-state index in [9.17, 15) is 13.2 Å². The fourth-order valence-electron chi connectivity index (χ4n) is 1.47. The van der Waals surface area contributed by atoms with Crippen molar-refractivity contribution < 1.29 is 22.7 Å². The van der Waals surface area contributed by atoms with E-state index in [1.165, 1.54) is 0 Å². The zero-order chi connectivity index (χ0) is 14.9. The van der Waals surface area contributed by atoms with Crippen LogP contribution in [0.3, 0.4) is 0 Å². The number of rotatable bonds is 5. The van der Waals surface area contributed by atoms with Gasteiger partial charge in [0.25, 0.3) is 0 Å². The molecule has 1 N–H and O–H groups in total. The largest absolute Gasteiger partial charge is 0.443 e. The smallest absolute Gasteiger partial charge is 0.421 e. The molecule has 0 unspecified atom stereocenters. The third kappa shape index (κ3) is 4.65. The summed E-state index contributed by atoms with van der Waals surface area (Å²) in [5.41, 5.74) is -0.731. The molecule has 7 heteroatoms. The van der Waals surface area contributed by atoms with Crippen LogP contribution in [0, 0.1) is 0 Å². The summed E-state index contributed by atoms with van der Waals surface area (Å²) in [4.78, 5) is 11.5. The number of carbonyl (C=O) groups excluding carboxylic acids is 1. The Bertz CT molecular complexity index is 432. The zero-order valence-electron chi connectivity index (χ0n) is 12.1. The number of nitrogens with one attached hydrogen (secondary N) is 1. The summed E-state index contributed by atoms with van der Waals surface area (Å²) in [5.74, 6) is 0. The number of sulfonamides is 1. The van der Waals surface area contributed by atoms with E-state index in [0.717, 1.165) is 0 Å². The van der Waals surface area contributed by atoms with Gasteiger partial charge < -0.3 is 9.47 Å². The van der Waals surface area contributed by atoms with Gasteiger partial charge in [-0.25, -0.2) is 17.9 Å². The molecule has 0 aromatic rings. The fraction of sp³-hybridized carbons (Fsp3) is 0.917. The predicted molar refractivity (Wildman–Crippen MR) is 71.3 cm³/mol. The Morgan fingerprint density at radius 2 is 1.84 bits per heavy atom. The molecule has 19 heavy (non-hydrogen) atoms. The Balaban J connectivity index is 2.64. The van der Waals surface area contributed by atoms with E-state index >= 15 is 0 Å². The van der Waals surface area contributed by atoms with Gasteiger partial charge >= 0.3 is 6.09 Å². The van der Waals surface area contributed by atoms with E-state index in [-0.39, 0.29) is 12.7 Å². The van der Waals surface area contributed by atoms with Crippen molar-refractivity contribution in [1.82, 2.24) is 4.72 Å². The molecule has 1 fully saturated rings. The molecular formula is C12H23NO5S. The molecule has 6 nitrogen and oxygen atoms in total. The summed E-state index contributed by atoms with van der Waals surface area (Å²) in [7, 11) is -3.77. The van der Waals surface area contributed by atoms with Gasteiger partial charge in [0, 0.05) is 0 Å². The van der Waals surface area contributed by atoms with Crippen LogP contribution in [0.15, 0.2) is 0 Å². The van der Waals surface area contributed by atoms with Crippen LogP contribution in [-0.2, 0) is 19.5 Å². The highest BCUT2D eigenvalue weighted by Gasteiger charge is 2.56. The van der Waals surface area contributed by atoms with Crippen molar-refractivity contribution in [3.05, 3.63) is 0 Å². The minimum Gasteiger partial charge on any atom is -0.443 e. The van der Waals surface area contributed by atoms with Crippen molar-refractivity contribution in [2.24, 2.45) is 0 Å². The molecule has 1 saturated carbocycles. The molecule has 1 aliphatic rings. The van der Waals surface area contributed by atoms with Gasteiger partial charge in [-0.2, -0.15) is 0 Å². The summed E-state index contributed by atoms with van der Waals surface area (Å²) in [5, 5.41) is 0. The SMILES string of the molecule is CC(C)OCC1(S(=O)(=O)NC(=O)OC(C)(C)C)CC1. The van der Waals surface area contributed by atoms with Crippen LogP contribution in [0.1, 0.15) is 47.5 Å². The molecule has 112 valence electrons. The van der Waals surface area contributed by atoms with Gasteiger partial charge in [-0.1, -0.05) is 0 Å². The first kappa shape index (κ1) is 16.2. The van der Waals surface area contributed by atoms with Crippen molar-refractivity contribution in [2.45, 2.75) is 63.9 Å². The molecule has 0 spiro atoms. The predicted octanol–water partition coefficient (Wildman–Crippen LogP) is 1.80. The summed E-state index contributed by atoms with van der Waals surface area (Å²) in [6.07, 6.45) is 0.00733. The van der Waals surface area contributed by atoms with Crippen LogP contribution in [-0.4, -0.2) is 37.6 Å². The monoisotopic (exact) mass is 293 g/mol. The maximum atomic E-state index is 12.1. The van der Waals surface area contributed by atoms with E-state index in [1.54, 1.807) is 20.8 Å². The molecule has 0 heterocycles. The summed E-state index contributed by atoms with van der Waals surface area (Å²) < 4.78 is 35.6. The van der Waals surface area contributed by atoms with Crippen molar-refractivity contribution in [2.75, 3.05) is 6.61 Å². The Morgan fingerprint density at radius 1 is 1.32 bits per heavy atom. The van der Waals surface area contributed by atoms with Gasteiger partial charge in [-0.3, -0.25) is 0 Å². The van der Waals surface area contributed by atoms with Gasteiger partial charge in [0.15, 0.2) is 0 Å². The lowest BCUT2D eigenvalue weighted by Gasteiger charge is -2.22. The molecule has 1 aliphatic carbocycles. The second-order valence-corrected chi connectivity index (χ2v) is 8.23. The van der Waals surface area contributed by atoms with Gasteiger partial charge in [-0.15, -0.1) is 0 Å². The Labute approximate surface area is 114 Å². The highest BCUT2D eigenvalue weighted by molar-refractivity contribution is 7.91. The Morgan fingerprint density at radius 3 is 2.21 bits per heavy atom. The number of ether oxygens (including phenoxy) is 2. The second-order valence-electron chi connectivity index (χ2n) is 6.15. The lowest BCUT2D eigenvalue weighted by atomic mass is 10.2. The van der Waals surface area contributed by atoms with E-state index in [0.29, 0.717) is 12.8 Å². The van der Waals surface area contributed by atoms with E-state index in [1.807, 2.05) is 18.6 Å². The molecule has 1 amide bonds. The quantitative estimate of drug-likeness (QED) is 0.836. The third-order valence-corrected chi connectivity index (χ3v) is 4.78. The maximum Gasteiger partial charge on any atom is 0.421 e. The number of carbonyl (C=O) groups is 1. The number of hydrogen-bond acceptors (Lipinski definition) is 5. The van der Waals surface area contributed by atoms with E-state index in [4.69, 9.17) is 9.47 Å². The molecule has 0 aromatic heterocycles. The third-order valence-electron chi connectivity index (χ3n) is 2.67. The second kappa shape index (κ2) is 5.28. The standard InChI is InChI=1S/C12H23NO5S/c1-9(2)17-8-12(6-7-12)19(15,16)13-10(14)18-11(3,4)5/h9H,6-8H2,1-5H3,(H,13,14). The molecule has 0 atom stereocenters. The van der Waals surface area contributed by atoms with Crippen molar-refractivity contribution in [3.63, 3.8) is 0 Å². The Hall–Kier alpha value is -0.820. The van der Waals surface area contributed by atoms with Gasteiger partial charge in [0.05, 0.1) is 12.7 Å². The van der Waals surface area contributed by atoms with Gasteiger partial charge in [0.2, 0.25) is 10.0 Å². The first-order valence-electron chi connectivity index (χ1n) is 6.34. The summed E-state index contributed by atoms with van der Waals surface area (Å²) in [6.45, 7) is 8.80. The molecule has 0 bridgehead atoms. The normalized spacial score (nSPS) is 18.2. The van der Waals surface area contributed by atoms with Crippen molar-refractivity contribution >= 4 is 16.1 Å². The van der Waals surface area contributed by atoms with Crippen molar-refractivity contribution in [3.8, 4) is 0 Å². The summed E-state index contributed by atoms with van der Waals surface area (Å²) >= 11 is 0. The van der Waals surface area contributed by atoms with Crippen LogP contribution >= 0.6 is 0 Å². The Kier molecular flexibility index (Phi) is 4.51. The fourth-order valence-corrected chi connectivity index (χ4v) is 2.81. The van der Waals surface area contributed by atoms with Crippen molar-refractivity contribution in [1.29, 1.82) is 0 Å². The summed E-state index contributed by atoms with van der Waals surface area (Å²) in [6, 6.07) is 0. The van der Waals surface area contributed by atoms with Gasteiger partial charge in [-0.05, 0) is 47.5 Å². The molecule has 0 aromatic carbocycles. The van der Waals surface area contributed by atoms with Crippen LogP contribution in [0.2, 0.25) is 0 Å². The molecule has 0 radical (unpaired) electrons. The van der Waals surface area contributed by atoms with Crippen LogP contribution < -0.4 is 4.72 Å². The average molecular weight is 293 g/mol. The average Bonchev–Trinajstić information content (AvgIpc) is 2.90. The van der Waals surface area contributed by atoms with Crippen LogP contribution in [0.25, 0.3) is 0 Å². The molecule has 1 rings (SSSR count). The van der Waals surface area contributed by atoms with E-state index in [2.05, 4.69) is 0 Å². The number of hydrogen-bond donors (Lipinski definition) is 1. The molecular weight excluding hydrogens is 270 g/mol. The maximum absolute atomic E-state index is 12.1. The minimum atomic E-state index is -3.77. The topological polar surface area (TPSA) is 81.7 Å². The highest BCUT2D eigenvalue weighted by atomic mass is 32.2. The zero-order valence-corrected chi connectivity index (χ0v) is 13.0. The molecule has 0 aliphatic heterocycles. The number of amides is 1.